The molecule has 122 valence electrons. The minimum atomic E-state index is -0.347. The van der Waals surface area contributed by atoms with E-state index >= 15 is 0 Å². The molecule has 0 heterocycles. The van der Waals surface area contributed by atoms with E-state index in [4.69, 9.17) is 5.21 Å². The summed E-state index contributed by atoms with van der Waals surface area (Å²) < 4.78 is 12.9. The van der Waals surface area contributed by atoms with Crippen molar-refractivity contribution in [2.75, 3.05) is 0 Å². The van der Waals surface area contributed by atoms with Crippen molar-refractivity contribution in [2.24, 2.45) is 5.92 Å². The zero-order valence-corrected chi connectivity index (χ0v) is 13.0. The van der Waals surface area contributed by atoms with Crippen molar-refractivity contribution in [2.45, 2.75) is 32.1 Å². The van der Waals surface area contributed by atoms with Gasteiger partial charge in [0.15, 0.2) is 0 Å². The maximum absolute atomic E-state index is 12.9. The highest BCUT2D eigenvalue weighted by atomic mass is 19.1. The van der Waals surface area contributed by atoms with Gasteiger partial charge in [-0.25, -0.2) is 9.87 Å². The number of hydrogen-bond donors (Lipinski definition) is 2. The molecule has 0 fully saturated rings. The fraction of sp³-hybridized carbons (Fsp3) is 0.316. The highest BCUT2D eigenvalue weighted by Crippen LogP contribution is 2.18. The van der Waals surface area contributed by atoms with Crippen molar-refractivity contribution in [1.82, 2.24) is 5.48 Å². The molecule has 0 radical (unpaired) electrons. The number of rotatable bonds is 8. The molecule has 0 aromatic heterocycles. The Hall–Kier alpha value is -2.20. The van der Waals surface area contributed by atoms with E-state index in [1.165, 1.54) is 17.7 Å². The van der Waals surface area contributed by atoms with Gasteiger partial charge in [0.05, 0.1) is 0 Å². The van der Waals surface area contributed by atoms with Crippen LogP contribution in [0.15, 0.2) is 54.6 Å². The number of halogens is 1. The summed E-state index contributed by atoms with van der Waals surface area (Å²) in [6.45, 7) is 0. The number of carbonyl (C=O) groups is 1. The second kappa shape index (κ2) is 9.06. The first-order valence-electron chi connectivity index (χ1n) is 7.91. The van der Waals surface area contributed by atoms with Crippen LogP contribution in [0, 0.1) is 11.7 Å². The van der Waals surface area contributed by atoms with Crippen LogP contribution in [0.3, 0.4) is 0 Å². The molecule has 1 amide bonds. The third-order valence-corrected chi connectivity index (χ3v) is 4.04. The number of hydrogen-bond acceptors (Lipinski definition) is 2. The lowest BCUT2D eigenvalue weighted by Gasteiger charge is -2.15. The SMILES string of the molecule is O=C(NO)C(CCCc1ccccc1)CCc1ccc(F)cc1. The zero-order chi connectivity index (χ0) is 16.5. The molecule has 0 spiro atoms. The van der Waals surface area contributed by atoms with E-state index in [1.807, 2.05) is 18.2 Å². The lowest BCUT2D eigenvalue weighted by atomic mass is 9.93. The van der Waals surface area contributed by atoms with Crippen molar-refractivity contribution in [1.29, 1.82) is 0 Å². The monoisotopic (exact) mass is 315 g/mol. The summed E-state index contributed by atoms with van der Waals surface area (Å²) in [5.41, 5.74) is 4.00. The van der Waals surface area contributed by atoms with Gasteiger partial charge in [0.25, 0.3) is 0 Å². The lowest BCUT2D eigenvalue weighted by Crippen LogP contribution is -2.28. The van der Waals surface area contributed by atoms with Crippen LogP contribution in [0.25, 0.3) is 0 Å². The van der Waals surface area contributed by atoms with Crippen molar-refractivity contribution in [3.05, 3.63) is 71.5 Å². The Morgan fingerprint density at radius 2 is 1.61 bits per heavy atom. The lowest BCUT2D eigenvalue weighted by molar-refractivity contribution is -0.133. The molecule has 1 atom stereocenters. The highest BCUT2D eigenvalue weighted by molar-refractivity contribution is 5.77. The molecule has 2 N–H and O–H groups in total. The van der Waals surface area contributed by atoms with Crippen molar-refractivity contribution >= 4 is 5.91 Å². The first-order chi connectivity index (χ1) is 11.2. The maximum Gasteiger partial charge on any atom is 0.246 e. The van der Waals surface area contributed by atoms with Crippen LogP contribution in [0.4, 0.5) is 4.39 Å². The Balaban J connectivity index is 1.84. The molecule has 3 nitrogen and oxygen atoms in total. The normalized spacial score (nSPS) is 11.9. The standard InChI is InChI=1S/C19H22FNO2/c20-18-13-10-16(11-14-18)9-12-17(19(22)21-23)8-4-7-15-5-2-1-3-6-15/h1-3,5-6,10-11,13-14,17,23H,4,7-9,12H2,(H,21,22). The summed E-state index contributed by atoms with van der Waals surface area (Å²) in [6, 6.07) is 16.4. The molecular formula is C19H22FNO2. The average Bonchev–Trinajstić information content (AvgIpc) is 2.59. The third kappa shape index (κ3) is 5.83. The highest BCUT2D eigenvalue weighted by Gasteiger charge is 2.17. The third-order valence-electron chi connectivity index (χ3n) is 4.04. The second-order valence-electron chi connectivity index (χ2n) is 5.72. The number of aryl methyl sites for hydroxylation is 2. The summed E-state index contributed by atoms with van der Waals surface area (Å²) in [5, 5.41) is 8.91. The summed E-state index contributed by atoms with van der Waals surface area (Å²) in [5.74, 6) is -0.852. The predicted molar refractivity (Wildman–Crippen MR) is 87.5 cm³/mol. The van der Waals surface area contributed by atoms with Gasteiger partial charge in [0, 0.05) is 5.92 Å². The van der Waals surface area contributed by atoms with E-state index in [2.05, 4.69) is 12.1 Å². The average molecular weight is 315 g/mol. The summed E-state index contributed by atoms with van der Waals surface area (Å²) >= 11 is 0. The van der Waals surface area contributed by atoms with Gasteiger partial charge in [-0.15, -0.1) is 0 Å². The Bertz CT molecular complexity index is 599. The largest absolute Gasteiger partial charge is 0.289 e. The van der Waals surface area contributed by atoms with Crippen molar-refractivity contribution in [3.63, 3.8) is 0 Å². The van der Waals surface area contributed by atoms with Gasteiger partial charge in [-0.2, -0.15) is 0 Å². The van der Waals surface area contributed by atoms with E-state index in [0.29, 0.717) is 19.3 Å². The van der Waals surface area contributed by atoms with E-state index in [0.717, 1.165) is 18.4 Å². The van der Waals surface area contributed by atoms with Crippen LogP contribution in [0.5, 0.6) is 0 Å². The molecule has 0 aliphatic heterocycles. The first-order valence-corrected chi connectivity index (χ1v) is 7.91. The van der Waals surface area contributed by atoms with Gasteiger partial charge in [0.2, 0.25) is 5.91 Å². The Kier molecular flexibility index (Phi) is 6.76. The van der Waals surface area contributed by atoms with Crippen molar-refractivity contribution in [3.8, 4) is 0 Å². The van der Waals surface area contributed by atoms with Gasteiger partial charge in [0.1, 0.15) is 5.82 Å². The Morgan fingerprint density at radius 3 is 2.26 bits per heavy atom. The van der Waals surface area contributed by atoms with Gasteiger partial charge >= 0.3 is 0 Å². The Morgan fingerprint density at radius 1 is 0.957 bits per heavy atom. The predicted octanol–water partition coefficient (Wildman–Crippen LogP) is 3.90. The number of hydroxylamine groups is 1. The smallest absolute Gasteiger partial charge is 0.246 e. The van der Waals surface area contributed by atoms with Crippen LogP contribution in [-0.4, -0.2) is 11.1 Å². The number of carbonyl (C=O) groups excluding carboxylic acids is 1. The molecule has 0 aliphatic carbocycles. The molecule has 2 aromatic carbocycles. The number of amides is 1. The van der Waals surface area contributed by atoms with Gasteiger partial charge in [-0.3, -0.25) is 10.0 Å². The Labute approximate surface area is 136 Å². The number of nitrogens with one attached hydrogen (secondary N) is 1. The fourth-order valence-corrected chi connectivity index (χ4v) is 2.69. The zero-order valence-electron chi connectivity index (χ0n) is 13.0. The minimum absolute atomic E-state index is 0.242. The van der Waals surface area contributed by atoms with E-state index in [9.17, 15) is 9.18 Å². The molecule has 0 saturated carbocycles. The topological polar surface area (TPSA) is 49.3 Å². The molecule has 23 heavy (non-hydrogen) atoms. The van der Waals surface area contributed by atoms with Crippen LogP contribution < -0.4 is 5.48 Å². The van der Waals surface area contributed by atoms with E-state index < -0.39 is 0 Å². The molecule has 0 aliphatic rings. The molecular weight excluding hydrogens is 293 g/mol. The molecule has 4 heteroatoms. The van der Waals surface area contributed by atoms with E-state index in [1.54, 1.807) is 17.6 Å². The molecule has 2 aromatic rings. The maximum atomic E-state index is 12.9. The van der Waals surface area contributed by atoms with Crippen LogP contribution in [0.1, 0.15) is 30.4 Å². The minimum Gasteiger partial charge on any atom is -0.289 e. The van der Waals surface area contributed by atoms with E-state index in [-0.39, 0.29) is 17.6 Å². The molecule has 0 bridgehead atoms. The molecule has 2 rings (SSSR count). The first kappa shape index (κ1) is 17.2. The number of benzene rings is 2. The molecule has 1 unspecified atom stereocenters. The van der Waals surface area contributed by atoms with Gasteiger partial charge in [-0.1, -0.05) is 42.5 Å². The van der Waals surface area contributed by atoms with Crippen LogP contribution in [0.2, 0.25) is 0 Å². The fourth-order valence-electron chi connectivity index (χ4n) is 2.69. The van der Waals surface area contributed by atoms with Crippen LogP contribution in [-0.2, 0) is 17.6 Å². The van der Waals surface area contributed by atoms with Crippen LogP contribution >= 0.6 is 0 Å². The van der Waals surface area contributed by atoms with Gasteiger partial charge < -0.3 is 0 Å². The summed E-state index contributed by atoms with van der Waals surface area (Å²) in [7, 11) is 0. The second-order valence-corrected chi connectivity index (χ2v) is 5.72. The molecule has 0 saturated heterocycles. The summed E-state index contributed by atoms with van der Waals surface area (Å²) in [6.07, 6.45) is 3.82. The van der Waals surface area contributed by atoms with Gasteiger partial charge in [-0.05, 0) is 55.4 Å². The van der Waals surface area contributed by atoms with Crippen molar-refractivity contribution < 1.29 is 14.4 Å². The quantitative estimate of drug-likeness (QED) is 0.573. The summed E-state index contributed by atoms with van der Waals surface area (Å²) in [4.78, 5) is 11.8.